The van der Waals surface area contributed by atoms with Gasteiger partial charge in [0.05, 0.1) is 35.4 Å². The summed E-state index contributed by atoms with van der Waals surface area (Å²) in [5, 5.41) is 0.661. The van der Waals surface area contributed by atoms with Crippen molar-refractivity contribution in [2.45, 2.75) is 24.9 Å². The Morgan fingerprint density at radius 2 is 1.86 bits per heavy atom. The molecule has 36 heavy (non-hydrogen) atoms. The Labute approximate surface area is 206 Å². The van der Waals surface area contributed by atoms with Crippen molar-refractivity contribution < 1.29 is 31.8 Å². The van der Waals surface area contributed by atoms with E-state index in [2.05, 4.69) is 4.98 Å². The topological polar surface area (TPSA) is 128 Å². The number of ether oxygens (including phenoxy) is 3. The number of benzene rings is 2. The van der Waals surface area contributed by atoms with Gasteiger partial charge in [0, 0.05) is 23.6 Å². The Bertz CT molecular complexity index is 1590. The number of carbonyl (C=O) groups is 1. The molecule has 0 amide bonds. The minimum atomic E-state index is -4.16. The molecule has 3 heterocycles. The molecular formula is C25H22N2O8S. The molecule has 4 aromatic rings. The first kappa shape index (κ1) is 23.6. The summed E-state index contributed by atoms with van der Waals surface area (Å²) < 4.78 is 49.7. The number of esters is 1. The number of nitrogens with zero attached hydrogens (tertiary/aromatic N) is 1. The summed E-state index contributed by atoms with van der Waals surface area (Å²) in [6.45, 7) is 1.54. The molecule has 1 N–H and O–H groups in total. The van der Waals surface area contributed by atoms with Gasteiger partial charge in [-0.1, -0.05) is 6.07 Å². The smallest absolute Gasteiger partial charge is 0.338 e. The van der Waals surface area contributed by atoms with E-state index in [9.17, 15) is 18.0 Å². The van der Waals surface area contributed by atoms with E-state index < -0.39 is 21.6 Å². The number of aromatic nitrogens is 1. The van der Waals surface area contributed by atoms with Crippen LogP contribution in [0.1, 0.15) is 28.6 Å². The van der Waals surface area contributed by atoms with Gasteiger partial charge in [-0.2, -0.15) is 4.31 Å². The number of hydrogen-bond donors (Lipinski definition) is 1. The van der Waals surface area contributed by atoms with E-state index >= 15 is 0 Å². The zero-order valence-corrected chi connectivity index (χ0v) is 20.0. The van der Waals surface area contributed by atoms with Gasteiger partial charge < -0.3 is 23.6 Å². The predicted molar refractivity (Wildman–Crippen MR) is 128 cm³/mol. The normalized spacial score (nSPS) is 12.8. The van der Waals surface area contributed by atoms with Crippen molar-refractivity contribution in [3.63, 3.8) is 0 Å². The van der Waals surface area contributed by atoms with Gasteiger partial charge >= 0.3 is 5.97 Å². The molecular weight excluding hydrogens is 488 g/mol. The van der Waals surface area contributed by atoms with Crippen LogP contribution in [0.15, 0.2) is 75.0 Å². The van der Waals surface area contributed by atoms with Crippen LogP contribution in [-0.4, -0.2) is 37.1 Å². The average Bonchev–Trinajstić information content (AvgIpc) is 3.54. The standard InChI is InChI=1S/C25H22N2O8S/c1-2-32-25(29)16-5-3-7-20(10-16)36(30,31)27(14-19-6-4-8-33-19)13-18-9-17-11-22-23(35-15-34-22)12-21(17)26-24(18)28/h3-12H,2,13-15H2,1H3,(H,26,28). The molecule has 0 unspecified atom stereocenters. The first-order valence-corrected chi connectivity index (χ1v) is 12.5. The molecule has 0 aliphatic carbocycles. The molecule has 186 valence electrons. The van der Waals surface area contributed by atoms with Gasteiger partial charge in [0.15, 0.2) is 11.5 Å². The molecule has 0 bridgehead atoms. The van der Waals surface area contributed by atoms with Crippen LogP contribution in [-0.2, 0) is 27.8 Å². The number of aromatic amines is 1. The van der Waals surface area contributed by atoms with Crippen LogP contribution in [0.5, 0.6) is 11.5 Å². The van der Waals surface area contributed by atoms with Gasteiger partial charge in [-0.3, -0.25) is 4.79 Å². The van der Waals surface area contributed by atoms with Crippen molar-refractivity contribution in [2.75, 3.05) is 13.4 Å². The highest BCUT2D eigenvalue weighted by molar-refractivity contribution is 7.89. The molecule has 10 nitrogen and oxygen atoms in total. The third-order valence-corrected chi connectivity index (χ3v) is 7.44. The Hall–Kier alpha value is -4.09. The van der Waals surface area contributed by atoms with Crippen LogP contribution in [0.3, 0.4) is 0 Å². The Morgan fingerprint density at radius 3 is 2.61 bits per heavy atom. The summed E-state index contributed by atoms with van der Waals surface area (Å²) in [6.07, 6.45) is 1.44. The van der Waals surface area contributed by atoms with Crippen LogP contribution < -0.4 is 15.0 Å². The van der Waals surface area contributed by atoms with Gasteiger partial charge in [0.1, 0.15) is 5.76 Å². The highest BCUT2D eigenvalue weighted by atomic mass is 32.2. The second kappa shape index (κ2) is 9.51. The minimum absolute atomic E-state index is 0.0861. The van der Waals surface area contributed by atoms with Gasteiger partial charge in [-0.25, -0.2) is 13.2 Å². The monoisotopic (exact) mass is 510 g/mol. The number of pyridine rings is 1. The number of fused-ring (bicyclic) bond motifs is 2. The third kappa shape index (κ3) is 4.58. The summed E-state index contributed by atoms with van der Waals surface area (Å²) in [7, 11) is -4.16. The fourth-order valence-electron chi connectivity index (χ4n) is 3.90. The van der Waals surface area contributed by atoms with E-state index in [-0.39, 0.29) is 42.5 Å². The largest absolute Gasteiger partial charge is 0.468 e. The molecule has 0 saturated carbocycles. The number of rotatable bonds is 8. The summed E-state index contributed by atoms with van der Waals surface area (Å²) >= 11 is 0. The Morgan fingerprint density at radius 1 is 1.06 bits per heavy atom. The molecule has 11 heteroatoms. The molecule has 0 spiro atoms. The lowest BCUT2D eigenvalue weighted by molar-refractivity contribution is 0.0526. The van der Waals surface area contributed by atoms with E-state index in [4.69, 9.17) is 18.6 Å². The van der Waals surface area contributed by atoms with Gasteiger partial charge in [0.25, 0.3) is 5.56 Å². The molecule has 0 atom stereocenters. The van der Waals surface area contributed by atoms with Crippen LogP contribution in [0, 0.1) is 0 Å². The number of nitrogens with one attached hydrogen (secondary N) is 1. The van der Waals surface area contributed by atoms with Crippen LogP contribution in [0.4, 0.5) is 0 Å². The summed E-state index contributed by atoms with van der Waals surface area (Å²) in [6, 6.07) is 13.9. The number of hydrogen-bond acceptors (Lipinski definition) is 8. The predicted octanol–water partition coefficient (Wildman–Crippen LogP) is 3.42. The quantitative estimate of drug-likeness (QED) is 0.357. The maximum absolute atomic E-state index is 13.7. The zero-order valence-electron chi connectivity index (χ0n) is 19.2. The molecule has 5 rings (SSSR count). The Balaban J connectivity index is 1.54. The lowest BCUT2D eigenvalue weighted by Gasteiger charge is -2.21. The fourth-order valence-corrected chi connectivity index (χ4v) is 5.33. The van der Waals surface area contributed by atoms with Crippen molar-refractivity contribution in [3.05, 3.63) is 88.1 Å². The van der Waals surface area contributed by atoms with Crippen molar-refractivity contribution in [1.82, 2.24) is 9.29 Å². The van der Waals surface area contributed by atoms with Crippen molar-refractivity contribution in [2.24, 2.45) is 0 Å². The van der Waals surface area contributed by atoms with Crippen molar-refractivity contribution in [1.29, 1.82) is 0 Å². The number of furan rings is 1. The lowest BCUT2D eigenvalue weighted by Crippen LogP contribution is -2.32. The highest BCUT2D eigenvalue weighted by Crippen LogP contribution is 2.35. The first-order valence-electron chi connectivity index (χ1n) is 11.1. The number of sulfonamides is 1. The van der Waals surface area contributed by atoms with Crippen molar-refractivity contribution >= 4 is 26.9 Å². The second-order valence-corrected chi connectivity index (χ2v) is 9.96. The Kier molecular flexibility index (Phi) is 6.25. The van der Waals surface area contributed by atoms with E-state index in [1.807, 2.05) is 0 Å². The van der Waals surface area contributed by atoms with Gasteiger partial charge in [-0.05, 0) is 49.4 Å². The van der Waals surface area contributed by atoms with Gasteiger partial charge in [0.2, 0.25) is 16.8 Å². The first-order chi connectivity index (χ1) is 17.3. The fraction of sp³-hybridized carbons (Fsp3) is 0.200. The summed E-state index contributed by atoms with van der Waals surface area (Å²) in [4.78, 5) is 27.8. The SMILES string of the molecule is CCOC(=O)c1cccc(S(=O)(=O)N(Cc2ccco2)Cc2cc3cc4c(cc3[nH]c2=O)OCO4)c1. The van der Waals surface area contributed by atoms with E-state index in [1.165, 1.54) is 30.5 Å². The molecule has 1 aliphatic rings. The van der Waals surface area contributed by atoms with E-state index in [0.29, 0.717) is 28.2 Å². The highest BCUT2D eigenvalue weighted by Gasteiger charge is 2.28. The molecule has 1 aliphatic heterocycles. The van der Waals surface area contributed by atoms with E-state index in [0.717, 1.165) is 4.31 Å². The zero-order chi connectivity index (χ0) is 25.3. The number of H-pyrrole nitrogens is 1. The maximum Gasteiger partial charge on any atom is 0.338 e. The maximum atomic E-state index is 13.7. The summed E-state index contributed by atoms with van der Waals surface area (Å²) in [5.41, 5.74) is 0.422. The third-order valence-electron chi connectivity index (χ3n) is 5.66. The average molecular weight is 511 g/mol. The summed E-state index contributed by atoms with van der Waals surface area (Å²) in [5.74, 6) is 0.822. The van der Waals surface area contributed by atoms with Gasteiger partial charge in [-0.15, -0.1) is 0 Å². The molecule has 0 saturated heterocycles. The van der Waals surface area contributed by atoms with E-state index in [1.54, 1.807) is 37.3 Å². The molecule has 0 fully saturated rings. The molecule has 2 aromatic carbocycles. The lowest BCUT2D eigenvalue weighted by atomic mass is 10.1. The number of carbonyl (C=O) groups excluding carboxylic acids is 1. The minimum Gasteiger partial charge on any atom is -0.468 e. The van der Waals surface area contributed by atoms with Crippen LogP contribution in [0.25, 0.3) is 10.9 Å². The molecule has 0 radical (unpaired) electrons. The second-order valence-electron chi connectivity index (χ2n) is 8.02. The van der Waals surface area contributed by atoms with Crippen LogP contribution >= 0.6 is 0 Å². The molecule has 2 aromatic heterocycles. The van der Waals surface area contributed by atoms with Crippen LogP contribution in [0.2, 0.25) is 0 Å². The van der Waals surface area contributed by atoms with Crippen molar-refractivity contribution in [3.8, 4) is 11.5 Å².